The number of rotatable bonds is 5. The van der Waals surface area contributed by atoms with Crippen LogP contribution in [-0.2, 0) is 13.1 Å². The Labute approximate surface area is 189 Å². The molecule has 2 aromatic carbocycles. The monoisotopic (exact) mass is 507 g/mol. The molecule has 154 valence electrons. The van der Waals surface area contributed by atoms with E-state index < -0.39 is 0 Å². The van der Waals surface area contributed by atoms with E-state index in [4.69, 9.17) is 5.26 Å². The van der Waals surface area contributed by atoms with Crippen LogP contribution in [0.2, 0.25) is 0 Å². The molecule has 1 atom stereocenters. The van der Waals surface area contributed by atoms with Crippen LogP contribution in [0.5, 0.6) is 0 Å². The number of guanidine groups is 1. The predicted octanol–water partition coefficient (Wildman–Crippen LogP) is 3.64. The minimum Gasteiger partial charge on any atom is -0.352 e. The van der Waals surface area contributed by atoms with E-state index in [9.17, 15) is 4.39 Å². The molecule has 0 amide bonds. The lowest BCUT2D eigenvalue weighted by Gasteiger charge is -2.34. The summed E-state index contributed by atoms with van der Waals surface area (Å²) in [5.41, 5.74) is 2.16. The molecule has 3 rings (SSSR count). The van der Waals surface area contributed by atoms with Gasteiger partial charge in [0, 0.05) is 38.3 Å². The van der Waals surface area contributed by atoms with E-state index in [-0.39, 0.29) is 29.8 Å². The van der Waals surface area contributed by atoms with Crippen molar-refractivity contribution >= 4 is 29.9 Å². The van der Waals surface area contributed by atoms with Gasteiger partial charge in [0.15, 0.2) is 5.96 Å². The SMILES string of the molecule is CN=C(NCc1ccc(C#N)cc1F)NC1CCCN(Cc2ccccc2)C1.I. The molecule has 7 heteroatoms. The van der Waals surface area contributed by atoms with Crippen molar-refractivity contribution in [1.82, 2.24) is 15.5 Å². The summed E-state index contributed by atoms with van der Waals surface area (Å²) in [5.74, 6) is 0.282. The van der Waals surface area contributed by atoms with Gasteiger partial charge in [0.25, 0.3) is 0 Å². The van der Waals surface area contributed by atoms with Gasteiger partial charge >= 0.3 is 0 Å². The maximum Gasteiger partial charge on any atom is 0.191 e. The number of benzene rings is 2. The van der Waals surface area contributed by atoms with Crippen molar-refractivity contribution in [1.29, 1.82) is 5.26 Å². The van der Waals surface area contributed by atoms with E-state index in [2.05, 4.69) is 44.8 Å². The summed E-state index contributed by atoms with van der Waals surface area (Å²) in [4.78, 5) is 6.72. The van der Waals surface area contributed by atoms with Crippen LogP contribution >= 0.6 is 24.0 Å². The lowest BCUT2D eigenvalue weighted by Crippen LogP contribution is -2.50. The number of aliphatic imine (C=N–C) groups is 1. The average Bonchev–Trinajstić information content (AvgIpc) is 2.72. The summed E-state index contributed by atoms with van der Waals surface area (Å²) in [7, 11) is 1.72. The van der Waals surface area contributed by atoms with Crippen LogP contribution in [0.3, 0.4) is 0 Å². The van der Waals surface area contributed by atoms with Gasteiger partial charge in [0.1, 0.15) is 5.82 Å². The van der Waals surface area contributed by atoms with Crippen molar-refractivity contribution in [2.75, 3.05) is 20.1 Å². The van der Waals surface area contributed by atoms with Gasteiger partial charge in [0.05, 0.1) is 11.6 Å². The minimum absolute atomic E-state index is 0. The zero-order valence-corrected chi connectivity index (χ0v) is 18.9. The van der Waals surface area contributed by atoms with Gasteiger partial charge in [0.2, 0.25) is 0 Å². The van der Waals surface area contributed by atoms with Crippen molar-refractivity contribution in [2.45, 2.75) is 32.0 Å². The third kappa shape index (κ3) is 6.98. The van der Waals surface area contributed by atoms with E-state index in [0.717, 1.165) is 32.5 Å². The van der Waals surface area contributed by atoms with Crippen molar-refractivity contribution < 1.29 is 4.39 Å². The summed E-state index contributed by atoms with van der Waals surface area (Å²) < 4.78 is 14.1. The van der Waals surface area contributed by atoms with Crippen molar-refractivity contribution in [3.63, 3.8) is 0 Å². The van der Waals surface area contributed by atoms with E-state index in [1.165, 1.54) is 11.6 Å². The van der Waals surface area contributed by atoms with Gasteiger partial charge in [-0.2, -0.15) is 5.26 Å². The number of nitriles is 1. The molecule has 0 aliphatic carbocycles. The molecule has 0 bridgehead atoms. The van der Waals surface area contributed by atoms with Crippen LogP contribution in [0.25, 0.3) is 0 Å². The molecule has 1 aliphatic heterocycles. The number of likely N-dealkylation sites (tertiary alicyclic amines) is 1. The Morgan fingerprint density at radius 1 is 1.28 bits per heavy atom. The molecule has 0 saturated carbocycles. The fourth-order valence-corrected chi connectivity index (χ4v) is 3.49. The molecule has 1 unspecified atom stereocenters. The largest absolute Gasteiger partial charge is 0.352 e. The molecule has 5 nitrogen and oxygen atoms in total. The minimum atomic E-state index is -0.381. The van der Waals surface area contributed by atoms with Gasteiger partial charge in [-0.3, -0.25) is 9.89 Å². The van der Waals surface area contributed by atoms with Crippen molar-refractivity contribution in [2.24, 2.45) is 4.99 Å². The highest BCUT2D eigenvalue weighted by molar-refractivity contribution is 14.0. The summed E-state index contributed by atoms with van der Waals surface area (Å²) in [6, 6.07) is 17.3. The molecule has 2 aromatic rings. The third-order valence-corrected chi connectivity index (χ3v) is 4.95. The first-order valence-corrected chi connectivity index (χ1v) is 9.60. The Balaban J connectivity index is 0.00000300. The standard InChI is InChI=1S/C22H26FN5.HI/c1-25-22(26-14-19-10-9-18(13-24)12-21(19)23)27-20-8-5-11-28(16-20)15-17-6-3-2-4-7-17;/h2-4,6-7,9-10,12,20H,5,8,11,14-16H2,1H3,(H2,25,26,27);1H. The molecule has 1 aliphatic rings. The highest BCUT2D eigenvalue weighted by Gasteiger charge is 2.20. The van der Waals surface area contributed by atoms with Crippen LogP contribution in [0.15, 0.2) is 53.5 Å². The summed E-state index contributed by atoms with van der Waals surface area (Å²) in [6.07, 6.45) is 2.21. The molecule has 1 fully saturated rings. The van der Waals surface area contributed by atoms with E-state index in [1.54, 1.807) is 19.2 Å². The van der Waals surface area contributed by atoms with Crippen LogP contribution in [-0.4, -0.2) is 37.0 Å². The van der Waals surface area contributed by atoms with Crippen LogP contribution < -0.4 is 10.6 Å². The zero-order chi connectivity index (χ0) is 19.8. The van der Waals surface area contributed by atoms with Crippen LogP contribution in [0, 0.1) is 17.1 Å². The Hall–Kier alpha value is -2.18. The highest BCUT2D eigenvalue weighted by atomic mass is 127. The molecule has 1 saturated heterocycles. The molecule has 1 heterocycles. The average molecular weight is 507 g/mol. The number of halogens is 2. The Morgan fingerprint density at radius 2 is 2.07 bits per heavy atom. The third-order valence-electron chi connectivity index (χ3n) is 4.95. The summed E-state index contributed by atoms with van der Waals surface area (Å²) in [6.45, 7) is 3.30. The second-order valence-electron chi connectivity index (χ2n) is 7.05. The van der Waals surface area contributed by atoms with E-state index in [1.807, 2.05) is 12.1 Å². The molecule has 0 spiro atoms. The van der Waals surface area contributed by atoms with Gasteiger partial charge in [-0.15, -0.1) is 24.0 Å². The fraction of sp³-hybridized carbons (Fsp3) is 0.364. The Bertz CT molecular complexity index is 850. The predicted molar refractivity (Wildman–Crippen MR) is 125 cm³/mol. The molecular formula is C22H27FIN5. The molecule has 2 N–H and O–H groups in total. The Kier molecular flexibility index (Phi) is 9.35. The number of piperidine rings is 1. The lowest BCUT2D eigenvalue weighted by atomic mass is 10.0. The van der Waals surface area contributed by atoms with E-state index in [0.29, 0.717) is 29.7 Å². The highest BCUT2D eigenvalue weighted by Crippen LogP contribution is 2.14. The first-order valence-electron chi connectivity index (χ1n) is 9.60. The molecule has 0 radical (unpaired) electrons. The number of hydrogen-bond acceptors (Lipinski definition) is 3. The number of hydrogen-bond donors (Lipinski definition) is 2. The topological polar surface area (TPSA) is 63.5 Å². The van der Waals surface area contributed by atoms with Gasteiger partial charge < -0.3 is 10.6 Å². The molecular weight excluding hydrogens is 480 g/mol. The second kappa shape index (κ2) is 11.7. The Morgan fingerprint density at radius 3 is 2.76 bits per heavy atom. The first-order chi connectivity index (χ1) is 13.7. The quantitative estimate of drug-likeness (QED) is 0.369. The van der Waals surface area contributed by atoms with E-state index >= 15 is 0 Å². The summed E-state index contributed by atoms with van der Waals surface area (Å²) in [5, 5.41) is 15.5. The fourth-order valence-electron chi connectivity index (χ4n) is 3.49. The van der Waals surface area contributed by atoms with Crippen LogP contribution in [0.1, 0.15) is 29.5 Å². The maximum absolute atomic E-state index is 14.1. The normalized spacial score (nSPS) is 17.1. The summed E-state index contributed by atoms with van der Waals surface area (Å²) >= 11 is 0. The number of nitrogens with one attached hydrogen (secondary N) is 2. The number of nitrogens with zero attached hydrogens (tertiary/aromatic N) is 3. The maximum atomic E-state index is 14.1. The van der Waals surface area contributed by atoms with Gasteiger partial charge in [-0.25, -0.2) is 4.39 Å². The molecule has 29 heavy (non-hydrogen) atoms. The molecule has 0 aromatic heterocycles. The smallest absolute Gasteiger partial charge is 0.191 e. The lowest BCUT2D eigenvalue weighted by molar-refractivity contribution is 0.192. The van der Waals surface area contributed by atoms with Crippen molar-refractivity contribution in [3.05, 3.63) is 71.0 Å². The zero-order valence-electron chi connectivity index (χ0n) is 16.6. The second-order valence-corrected chi connectivity index (χ2v) is 7.05. The van der Waals surface area contributed by atoms with Crippen molar-refractivity contribution in [3.8, 4) is 6.07 Å². The van der Waals surface area contributed by atoms with Gasteiger partial charge in [-0.05, 0) is 37.1 Å². The van der Waals surface area contributed by atoms with Crippen LogP contribution in [0.4, 0.5) is 4.39 Å². The first kappa shape index (κ1) is 23.1. The van der Waals surface area contributed by atoms with Gasteiger partial charge in [-0.1, -0.05) is 36.4 Å².